The van der Waals surface area contributed by atoms with Gasteiger partial charge in [0.15, 0.2) is 5.69 Å². The standard InChI is InChI=1S/C17H17Cl2N9O2/c18-11-4-3-10(12(19)7-11)8-21-23-17(29)14-13(9-27-5-1-2-6-27)22-26-28(14)16-15(20)24-30-25-16/h3-4,7-8H,1-2,5-6,9H2,(H2,20,24)(H,23,29). The minimum Gasteiger partial charge on any atom is -0.378 e. The number of rotatable bonds is 6. The van der Waals surface area contributed by atoms with Crippen LogP contribution in [0.25, 0.3) is 5.82 Å². The van der Waals surface area contributed by atoms with Crippen LogP contribution in [0.4, 0.5) is 5.82 Å². The number of likely N-dealkylation sites (tertiary alicyclic amines) is 1. The van der Waals surface area contributed by atoms with E-state index in [1.807, 2.05) is 0 Å². The number of nitrogens with one attached hydrogen (secondary N) is 1. The predicted octanol–water partition coefficient (Wildman–Crippen LogP) is 1.90. The molecule has 0 aliphatic carbocycles. The Kier molecular flexibility index (Phi) is 5.93. The lowest BCUT2D eigenvalue weighted by atomic mass is 10.2. The molecule has 3 aromatic rings. The maximum atomic E-state index is 12.9. The van der Waals surface area contributed by atoms with Gasteiger partial charge in [0.2, 0.25) is 11.6 Å². The molecule has 1 saturated heterocycles. The minimum absolute atomic E-state index is 0.0156. The highest BCUT2D eigenvalue weighted by molar-refractivity contribution is 6.36. The number of hydrogen-bond donors (Lipinski definition) is 2. The van der Waals surface area contributed by atoms with E-state index in [1.54, 1.807) is 18.2 Å². The van der Waals surface area contributed by atoms with E-state index in [0.29, 0.717) is 27.8 Å². The van der Waals surface area contributed by atoms with Crippen LogP contribution in [0.1, 0.15) is 34.6 Å². The monoisotopic (exact) mass is 449 g/mol. The number of hydrazone groups is 1. The van der Waals surface area contributed by atoms with Crippen molar-refractivity contribution < 1.29 is 9.42 Å². The summed E-state index contributed by atoms with van der Waals surface area (Å²) in [6.45, 7) is 2.31. The summed E-state index contributed by atoms with van der Waals surface area (Å²) in [7, 11) is 0. The Bertz CT molecular complexity index is 1090. The molecular formula is C17H17Cl2N9O2. The van der Waals surface area contributed by atoms with E-state index in [4.69, 9.17) is 28.9 Å². The number of nitrogens with two attached hydrogens (primary N) is 1. The van der Waals surface area contributed by atoms with Gasteiger partial charge < -0.3 is 5.73 Å². The number of nitrogens with zero attached hydrogens (tertiary/aromatic N) is 7. The molecule has 1 aliphatic rings. The Morgan fingerprint density at radius 3 is 2.80 bits per heavy atom. The van der Waals surface area contributed by atoms with Crippen molar-refractivity contribution in [3.05, 3.63) is 45.2 Å². The zero-order valence-corrected chi connectivity index (χ0v) is 17.1. The van der Waals surface area contributed by atoms with Gasteiger partial charge in [0.1, 0.15) is 5.69 Å². The Labute approximate surface area is 180 Å². The quantitative estimate of drug-likeness (QED) is 0.429. The molecule has 3 N–H and O–H groups in total. The fourth-order valence-electron chi connectivity index (χ4n) is 3.11. The van der Waals surface area contributed by atoms with Crippen molar-refractivity contribution in [1.82, 2.24) is 35.6 Å². The Hall–Kier alpha value is -3.02. The summed E-state index contributed by atoms with van der Waals surface area (Å²) in [5.41, 5.74) is 9.43. The summed E-state index contributed by atoms with van der Waals surface area (Å²) in [6.07, 6.45) is 3.61. The van der Waals surface area contributed by atoms with Crippen LogP contribution in [-0.2, 0) is 6.54 Å². The molecule has 0 bridgehead atoms. The molecule has 2 aromatic heterocycles. The Morgan fingerprint density at radius 2 is 2.10 bits per heavy atom. The van der Waals surface area contributed by atoms with Crippen LogP contribution in [0.3, 0.4) is 0 Å². The van der Waals surface area contributed by atoms with E-state index < -0.39 is 5.91 Å². The summed E-state index contributed by atoms with van der Waals surface area (Å²) >= 11 is 12.0. The summed E-state index contributed by atoms with van der Waals surface area (Å²) in [4.78, 5) is 15.1. The van der Waals surface area contributed by atoms with Crippen LogP contribution in [-0.4, -0.2) is 55.4 Å². The number of benzene rings is 1. The van der Waals surface area contributed by atoms with E-state index in [-0.39, 0.29) is 17.3 Å². The third kappa shape index (κ3) is 4.27. The molecule has 4 rings (SSSR count). The van der Waals surface area contributed by atoms with Crippen molar-refractivity contribution in [2.75, 3.05) is 18.8 Å². The first-order valence-electron chi connectivity index (χ1n) is 9.06. The fraction of sp³-hybridized carbons (Fsp3) is 0.294. The molecule has 1 aromatic carbocycles. The normalized spacial score (nSPS) is 14.6. The van der Waals surface area contributed by atoms with Gasteiger partial charge in [-0.05, 0) is 48.4 Å². The summed E-state index contributed by atoms with van der Waals surface area (Å²) in [5, 5.41) is 20.3. The van der Waals surface area contributed by atoms with Crippen LogP contribution in [0, 0.1) is 0 Å². The van der Waals surface area contributed by atoms with Crippen molar-refractivity contribution in [2.24, 2.45) is 5.10 Å². The van der Waals surface area contributed by atoms with E-state index in [9.17, 15) is 4.79 Å². The van der Waals surface area contributed by atoms with Crippen molar-refractivity contribution in [3.8, 4) is 5.82 Å². The second-order valence-electron chi connectivity index (χ2n) is 6.62. The van der Waals surface area contributed by atoms with Crippen molar-refractivity contribution in [2.45, 2.75) is 19.4 Å². The van der Waals surface area contributed by atoms with E-state index in [1.165, 1.54) is 10.9 Å². The number of carbonyl (C=O) groups is 1. The average molecular weight is 450 g/mol. The van der Waals surface area contributed by atoms with Gasteiger partial charge in [0.25, 0.3) is 5.91 Å². The number of amides is 1. The SMILES string of the molecule is Nc1nonc1-n1nnc(CN2CCCC2)c1C(=O)NN=Cc1ccc(Cl)cc1Cl. The number of aromatic nitrogens is 5. The molecule has 156 valence electrons. The van der Waals surface area contributed by atoms with Gasteiger partial charge in [-0.2, -0.15) is 9.78 Å². The third-order valence-corrected chi connectivity index (χ3v) is 5.12. The number of hydrogen-bond acceptors (Lipinski definition) is 9. The molecule has 13 heteroatoms. The Balaban J connectivity index is 1.60. The maximum Gasteiger partial charge on any atom is 0.292 e. The zero-order valence-electron chi connectivity index (χ0n) is 15.6. The highest BCUT2D eigenvalue weighted by Crippen LogP contribution is 2.20. The summed E-state index contributed by atoms with van der Waals surface area (Å²) in [5.74, 6) is -0.485. The molecule has 0 saturated carbocycles. The second kappa shape index (κ2) is 8.78. The lowest BCUT2D eigenvalue weighted by Crippen LogP contribution is -2.26. The lowest BCUT2D eigenvalue weighted by Gasteiger charge is -2.13. The highest BCUT2D eigenvalue weighted by atomic mass is 35.5. The average Bonchev–Trinajstić information content (AvgIpc) is 3.45. The molecule has 30 heavy (non-hydrogen) atoms. The largest absolute Gasteiger partial charge is 0.378 e. The molecule has 1 aliphatic heterocycles. The predicted molar refractivity (Wildman–Crippen MR) is 110 cm³/mol. The van der Waals surface area contributed by atoms with Crippen molar-refractivity contribution in [1.29, 1.82) is 0 Å². The zero-order chi connectivity index (χ0) is 21.1. The smallest absolute Gasteiger partial charge is 0.292 e. The number of nitrogen functional groups attached to an aromatic ring is 1. The van der Waals surface area contributed by atoms with Gasteiger partial charge in [-0.1, -0.05) is 34.5 Å². The summed E-state index contributed by atoms with van der Waals surface area (Å²) in [6, 6.07) is 4.94. The van der Waals surface area contributed by atoms with Crippen LogP contribution in [0.2, 0.25) is 10.0 Å². The van der Waals surface area contributed by atoms with E-state index in [2.05, 4.69) is 40.7 Å². The number of carbonyl (C=O) groups excluding carboxylic acids is 1. The van der Waals surface area contributed by atoms with Crippen molar-refractivity contribution in [3.63, 3.8) is 0 Å². The van der Waals surface area contributed by atoms with E-state index in [0.717, 1.165) is 25.9 Å². The molecule has 0 spiro atoms. The summed E-state index contributed by atoms with van der Waals surface area (Å²) < 4.78 is 5.82. The molecular weight excluding hydrogens is 433 g/mol. The van der Waals surface area contributed by atoms with Crippen LogP contribution in [0.5, 0.6) is 0 Å². The number of anilines is 1. The fourth-order valence-corrected chi connectivity index (χ4v) is 3.56. The Morgan fingerprint density at radius 1 is 1.30 bits per heavy atom. The third-order valence-electron chi connectivity index (χ3n) is 4.56. The second-order valence-corrected chi connectivity index (χ2v) is 7.46. The molecule has 1 fully saturated rings. The van der Waals surface area contributed by atoms with Crippen molar-refractivity contribution >= 4 is 41.1 Å². The van der Waals surface area contributed by atoms with Crippen LogP contribution in [0.15, 0.2) is 27.9 Å². The van der Waals surface area contributed by atoms with Gasteiger partial charge in [0.05, 0.1) is 11.2 Å². The molecule has 0 unspecified atom stereocenters. The van der Waals surface area contributed by atoms with Crippen LogP contribution >= 0.6 is 23.2 Å². The van der Waals surface area contributed by atoms with Gasteiger partial charge >= 0.3 is 0 Å². The van der Waals surface area contributed by atoms with Gasteiger partial charge in [0, 0.05) is 17.1 Å². The lowest BCUT2D eigenvalue weighted by molar-refractivity contribution is 0.0945. The van der Waals surface area contributed by atoms with E-state index >= 15 is 0 Å². The molecule has 1 amide bonds. The van der Waals surface area contributed by atoms with Crippen LogP contribution < -0.4 is 11.2 Å². The van der Waals surface area contributed by atoms with Gasteiger partial charge in [-0.25, -0.2) is 10.1 Å². The molecule has 11 nitrogen and oxygen atoms in total. The first-order valence-corrected chi connectivity index (χ1v) is 9.82. The first-order chi connectivity index (χ1) is 14.5. The van der Waals surface area contributed by atoms with Gasteiger partial charge in [-0.15, -0.1) is 5.10 Å². The topological polar surface area (TPSA) is 140 Å². The molecule has 0 radical (unpaired) electrons. The van der Waals surface area contributed by atoms with Gasteiger partial charge in [-0.3, -0.25) is 9.69 Å². The maximum absolute atomic E-state index is 12.9. The molecule has 3 heterocycles. The minimum atomic E-state index is -0.544. The first kappa shape index (κ1) is 20.3. The molecule has 0 atom stereocenters. The number of halogens is 2. The highest BCUT2D eigenvalue weighted by Gasteiger charge is 2.26.